The monoisotopic (exact) mass is 428 g/mol. The van der Waals surface area contributed by atoms with Crippen LogP contribution < -0.4 is 15.0 Å². The molecule has 0 aliphatic carbocycles. The van der Waals surface area contributed by atoms with E-state index in [1.165, 1.54) is 17.6 Å². The summed E-state index contributed by atoms with van der Waals surface area (Å²) in [5.41, 5.74) is 3.84. The average molecular weight is 428 g/mol. The number of carbonyl (C=O) groups is 2. The molecule has 0 saturated carbocycles. The Morgan fingerprint density at radius 1 is 1.09 bits per heavy atom. The van der Waals surface area contributed by atoms with Crippen LogP contribution in [0.25, 0.3) is 0 Å². The highest BCUT2D eigenvalue weighted by Crippen LogP contribution is 2.31. The van der Waals surface area contributed by atoms with Crippen LogP contribution in [0.1, 0.15) is 24.5 Å². The quantitative estimate of drug-likeness (QED) is 0.639. The number of pyridine rings is 1. The molecule has 4 rings (SSSR count). The van der Waals surface area contributed by atoms with Crippen molar-refractivity contribution in [2.45, 2.75) is 19.8 Å². The van der Waals surface area contributed by atoms with Gasteiger partial charge in [0.1, 0.15) is 18.0 Å². The summed E-state index contributed by atoms with van der Waals surface area (Å²) < 4.78 is 5.29. The van der Waals surface area contributed by atoms with Gasteiger partial charge in [-0.15, -0.1) is 0 Å². The lowest BCUT2D eigenvalue weighted by Gasteiger charge is -2.21. The summed E-state index contributed by atoms with van der Waals surface area (Å²) in [6.45, 7) is 1.91. The third-order valence-electron chi connectivity index (χ3n) is 5.28. The van der Waals surface area contributed by atoms with E-state index in [0.717, 1.165) is 12.0 Å². The molecule has 0 radical (unpaired) electrons. The maximum atomic E-state index is 13.2. The minimum Gasteiger partial charge on any atom is -0.495 e. The summed E-state index contributed by atoms with van der Waals surface area (Å²) in [6.07, 6.45) is 2.60. The number of rotatable bonds is 6. The lowest BCUT2D eigenvalue weighted by atomic mass is 10.0. The van der Waals surface area contributed by atoms with Crippen LogP contribution in [0.3, 0.4) is 0 Å². The van der Waals surface area contributed by atoms with Gasteiger partial charge in [-0.1, -0.05) is 43.3 Å². The van der Waals surface area contributed by atoms with Crippen LogP contribution in [0.2, 0.25) is 0 Å². The molecule has 2 heterocycles. The average Bonchev–Trinajstić information content (AvgIpc) is 2.96. The highest BCUT2D eigenvalue weighted by molar-refractivity contribution is 6.18. The van der Waals surface area contributed by atoms with Crippen molar-refractivity contribution in [2.75, 3.05) is 23.9 Å². The Morgan fingerprint density at radius 2 is 1.88 bits per heavy atom. The van der Waals surface area contributed by atoms with Crippen LogP contribution in [-0.2, 0) is 16.0 Å². The molecule has 3 aromatic rings. The van der Waals surface area contributed by atoms with Crippen LogP contribution >= 0.6 is 0 Å². The van der Waals surface area contributed by atoms with Gasteiger partial charge in [-0.3, -0.25) is 14.5 Å². The molecule has 1 N–H and O–H groups in total. The fraction of sp³-hybridized carbons (Fsp3) is 0.200. The fourth-order valence-corrected chi connectivity index (χ4v) is 3.57. The van der Waals surface area contributed by atoms with Crippen molar-refractivity contribution < 1.29 is 14.3 Å². The molecule has 0 fully saturated rings. The number of aromatic nitrogens is 1. The standard InChI is InChI=1S/C25H24N4O3/c1-3-17-10-12-18(13-11-17)21-15-24(31)29(25-20(27-21)8-6-14-26-25)16-23(30)28-19-7-4-5-9-22(19)32-2/h4-14H,3,15-16H2,1-2H3,(H,28,30). The predicted molar refractivity (Wildman–Crippen MR) is 125 cm³/mol. The second-order valence-corrected chi connectivity index (χ2v) is 7.36. The Labute approximate surface area is 186 Å². The molecule has 2 aromatic carbocycles. The van der Waals surface area contributed by atoms with Gasteiger partial charge in [-0.05, 0) is 41.8 Å². The number of para-hydroxylation sites is 2. The Morgan fingerprint density at radius 3 is 2.62 bits per heavy atom. The van der Waals surface area contributed by atoms with E-state index < -0.39 is 0 Å². The maximum absolute atomic E-state index is 13.2. The molecule has 162 valence electrons. The van der Waals surface area contributed by atoms with Crippen LogP contribution in [0.4, 0.5) is 17.2 Å². The summed E-state index contributed by atoms with van der Waals surface area (Å²) in [4.78, 5) is 36.5. The zero-order valence-electron chi connectivity index (χ0n) is 18.0. The van der Waals surface area contributed by atoms with E-state index in [2.05, 4.69) is 17.2 Å². The first kappa shape index (κ1) is 21.2. The van der Waals surface area contributed by atoms with Gasteiger partial charge in [0.25, 0.3) is 0 Å². The summed E-state index contributed by atoms with van der Waals surface area (Å²) in [5.74, 6) is 0.321. The van der Waals surface area contributed by atoms with E-state index in [4.69, 9.17) is 9.73 Å². The SMILES string of the molecule is CCc1ccc(C2=Nc3cccnc3N(CC(=O)Nc3ccccc3OC)C(=O)C2)cc1. The molecular weight excluding hydrogens is 404 g/mol. The number of methoxy groups -OCH3 is 1. The van der Waals surface area contributed by atoms with Crippen molar-refractivity contribution in [1.29, 1.82) is 0 Å². The number of nitrogens with one attached hydrogen (secondary N) is 1. The van der Waals surface area contributed by atoms with Crippen LogP contribution in [0.15, 0.2) is 71.9 Å². The smallest absolute Gasteiger partial charge is 0.244 e. The van der Waals surface area contributed by atoms with E-state index in [1.807, 2.05) is 30.3 Å². The molecule has 0 spiro atoms. The lowest BCUT2D eigenvalue weighted by molar-refractivity contribution is -0.120. The van der Waals surface area contributed by atoms with E-state index in [9.17, 15) is 9.59 Å². The summed E-state index contributed by atoms with van der Waals surface area (Å²) in [5, 5.41) is 2.81. The van der Waals surface area contributed by atoms with Gasteiger partial charge in [0.15, 0.2) is 5.82 Å². The molecule has 0 unspecified atom stereocenters. The lowest BCUT2D eigenvalue weighted by Crippen LogP contribution is -2.39. The third-order valence-corrected chi connectivity index (χ3v) is 5.28. The van der Waals surface area contributed by atoms with Crippen molar-refractivity contribution in [3.8, 4) is 5.75 Å². The molecule has 7 nitrogen and oxygen atoms in total. The Hall–Kier alpha value is -4.00. The number of carbonyl (C=O) groups excluding carboxylic acids is 2. The first-order valence-electron chi connectivity index (χ1n) is 10.4. The number of hydrogen-bond donors (Lipinski definition) is 1. The largest absolute Gasteiger partial charge is 0.495 e. The van der Waals surface area contributed by atoms with Gasteiger partial charge >= 0.3 is 0 Å². The minimum absolute atomic E-state index is 0.0732. The van der Waals surface area contributed by atoms with Crippen LogP contribution in [-0.4, -0.2) is 36.2 Å². The van der Waals surface area contributed by atoms with Crippen LogP contribution in [0, 0.1) is 0 Å². The van der Waals surface area contributed by atoms with E-state index in [1.54, 1.807) is 36.5 Å². The molecule has 1 aromatic heterocycles. The van der Waals surface area contributed by atoms with Crippen LogP contribution in [0.5, 0.6) is 5.75 Å². The predicted octanol–water partition coefficient (Wildman–Crippen LogP) is 4.15. The van der Waals surface area contributed by atoms with E-state index >= 15 is 0 Å². The summed E-state index contributed by atoms with van der Waals surface area (Å²) >= 11 is 0. The number of amides is 2. The molecular formula is C25H24N4O3. The van der Waals surface area contributed by atoms with Gasteiger partial charge in [0, 0.05) is 6.20 Å². The number of nitrogens with zero attached hydrogens (tertiary/aromatic N) is 3. The number of fused-ring (bicyclic) bond motifs is 1. The molecule has 7 heteroatoms. The summed E-state index contributed by atoms with van der Waals surface area (Å²) in [6, 6.07) is 18.7. The molecule has 1 aliphatic rings. The topological polar surface area (TPSA) is 83.9 Å². The summed E-state index contributed by atoms with van der Waals surface area (Å²) in [7, 11) is 1.54. The molecule has 0 bridgehead atoms. The second-order valence-electron chi connectivity index (χ2n) is 7.36. The zero-order valence-corrected chi connectivity index (χ0v) is 18.0. The Bertz CT molecular complexity index is 1170. The van der Waals surface area contributed by atoms with E-state index in [-0.39, 0.29) is 24.8 Å². The number of anilines is 2. The Kier molecular flexibility index (Phi) is 6.26. The number of aliphatic imine (C=N–C) groups is 1. The van der Waals surface area contributed by atoms with E-state index in [0.29, 0.717) is 28.7 Å². The van der Waals surface area contributed by atoms with Crippen molar-refractivity contribution in [1.82, 2.24) is 4.98 Å². The minimum atomic E-state index is -0.352. The fourth-order valence-electron chi connectivity index (χ4n) is 3.57. The number of hydrogen-bond acceptors (Lipinski definition) is 5. The molecule has 0 atom stereocenters. The number of ether oxygens (including phenoxy) is 1. The molecule has 2 amide bonds. The number of benzene rings is 2. The molecule has 32 heavy (non-hydrogen) atoms. The zero-order chi connectivity index (χ0) is 22.5. The van der Waals surface area contributed by atoms with Crippen molar-refractivity contribution in [2.24, 2.45) is 4.99 Å². The normalized spacial score (nSPS) is 13.1. The third kappa shape index (κ3) is 4.51. The van der Waals surface area contributed by atoms with Gasteiger partial charge in [-0.2, -0.15) is 0 Å². The van der Waals surface area contributed by atoms with Gasteiger partial charge in [0.05, 0.1) is 24.9 Å². The van der Waals surface area contributed by atoms with Crippen molar-refractivity contribution in [3.05, 3.63) is 78.0 Å². The second kappa shape index (κ2) is 9.43. The van der Waals surface area contributed by atoms with Gasteiger partial charge in [0.2, 0.25) is 11.8 Å². The van der Waals surface area contributed by atoms with Gasteiger partial charge in [-0.25, -0.2) is 9.98 Å². The highest BCUT2D eigenvalue weighted by atomic mass is 16.5. The Balaban J connectivity index is 1.60. The first-order chi connectivity index (χ1) is 15.6. The van der Waals surface area contributed by atoms with Gasteiger partial charge < -0.3 is 10.1 Å². The molecule has 1 aliphatic heterocycles. The van der Waals surface area contributed by atoms with Crippen molar-refractivity contribution >= 4 is 34.7 Å². The highest BCUT2D eigenvalue weighted by Gasteiger charge is 2.28. The molecule has 0 saturated heterocycles. The van der Waals surface area contributed by atoms with Crippen molar-refractivity contribution in [3.63, 3.8) is 0 Å². The number of aryl methyl sites for hydroxylation is 1. The first-order valence-corrected chi connectivity index (χ1v) is 10.4. The maximum Gasteiger partial charge on any atom is 0.244 e.